The Morgan fingerprint density at radius 1 is 1.28 bits per heavy atom. The van der Waals surface area contributed by atoms with E-state index in [1.54, 1.807) is 23.9 Å². The Labute approximate surface area is 164 Å². The number of fused-ring (bicyclic) bond motifs is 1. The van der Waals surface area contributed by atoms with Crippen LogP contribution in [0.5, 0.6) is 0 Å². The molecule has 2 heterocycles. The van der Waals surface area contributed by atoms with E-state index >= 15 is 0 Å². The second-order valence-electron chi connectivity index (χ2n) is 6.37. The Hall–Kier alpha value is -4.32. The summed E-state index contributed by atoms with van der Waals surface area (Å²) in [5.74, 6) is -1.45. The number of benzene rings is 2. The van der Waals surface area contributed by atoms with Gasteiger partial charge in [-0.3, -0.25) is 14.9 Å². The van der Waals surface area contributed by atoms with Crippen LogP contribution in [-0.4, -0.2) is 29.8 Å². The van der Waals surface area contributed by atoms with Crippen molar-refractivity contribution in [1.29, 1.82) is 5.26 Å². The van der Waals surface area contributed by atoms with Gasteiger partial charge in [0.25, 0.3) is 5.69 Å². The molecule has 9 heteroatoms. The molecular weight excluding hydrogens is 372 g/mol. The van der Waals surface area contributed by atoms with Crippen LogP contribution in [0, 0.1) is 21.4 Å². The molecule has 142 valence electrons. The van der Waals surface area contributed by atoms with E-state index in [9.17, 15) is 20.2 Å². The summed E-state index contributed by atoms with van der Waals surface area (Å²) in [5, 5.41) is 21.2. The molecular formula is C20H14N6O3. The minimum absolute atomic E-state index is 0.0687. The van der Waals surface area contributed by atoms with Crippen LogP contribution in [0.4, 0.5) is 5.69 Å². The number of imidazole rings is 2. The molecule has 0 radical (unpaired) electrons. The first-order chi connectivity index (χ1) is 14.0. The molecule has 0 aliphatic carbocycles. The van der Waals surface area contributed by atoms with Crippen LogP contribution < -0.4 is 0 Å². The van der Waals surface area contributed by atoms with Gasteiger partial charge in [0.2, 0.25) is 0 Å². The monoisotopic (exact) mass is 386 g/mol. The molecule has 1 unspecified atom stereocenters. The molecule has 0 N–H and O–H groups in total. The van der Waals surface area contributed by atoms with Gasteiger partial charge < -0.3 is 9.13 Å². The van der Waals surface area contributed by atoms with E-state index in [0.29, 0.717) is 11.3 Å². The van der Waals surface area contributed by atoms with Gasteiger partial charge in [-0.25, -0.2) is 9.97 Å². The van der Waals surface area contributed by atoms with E-state index in [-0.39, 0.29) is 16.9 Å². The highest BCUT2D eigenvalue weighted by Gasteiger charge is 2.29. The molecule has 0 aliphatic rings. The number of aromatic nitrogens is 4. The first kappa shape index (κ1) is 18.1. The van der Waals surface area contributed by atoms with Crippen molar-refractivity contribution in [2.24, 2.45) is 7.05 Å². The maximum Gasteiger partial charge on any atom is 0.293 e. The zero-order valence-electron chi connectivity index (χ0n) is 15.3. The number of nitro benzene ring substituents is 1. The van der Waals surface area contributed by atoms with Gasteiger partial charge in [0.05, 0.1) is 28.4 Å². The van der Waals surface area contributed by atoms with Crippen molar-refractivity contribution in [2.45, 2.75) is 5.92 Å². The minimum Gasteiger partial charge on any atom is -0.330 e. The summed E-state index contributed by atoms with van der Waals surface area (Å²) in [6, 6.07) is 13.4. The van der Waals surface area contributed by atoms with E-state index in [1.165, 1.54) is 35.3 Å². The second-order valence-corrected chi connectivity index (χ2v) is 6.37. The number of ketones is 1. The number of aryl methyl sites for hydroxylation is 1. The average Bonchev–Trinajstić information content (AvgIpc) is 3.37. The van der Waals surface area contributed by atoms with Gasteiger partial charge in [0, 0.05) is 31.1 Å². The zero-order chi connectivity index (χ0) is 20.5. The van der Waals surface area contributed by atoms with Crippen molar-refractivity contribution in [1.82, 2.24) is 19.1 Å². The summed E-state index contributed by atoms with van der Waals surface area (Å²) in [6.07, 6.45) is 4.50. The third-order valence-electron chi connectivity index (χ3n) is 4.71. The number of nitrogens with zero attached hydrogens (tertiary/aromatic N) is 6. The number of hydrogen-bond acceptors (Lipinski definition) is 6. The number of carbonyl (C=O) groups is 1. The molecule has 2 aromatic heterocycles. The fraction of sp³-hybridized carbons (Fsp3) is 0.100. The third-order valence-corrected chi connectivity index (χ3v) is 4.71. The first-order valence-corrected chi connectivity index (χ1v) is 8.63. The number of Topliss-reactive ketones (excluding diaryl/α,β-unsaturated/α-hetero) is 1. The lowest BCUT2D eigenvalue weighted by Gasteiger charge is -2.10. The fourth-order valence-corrected chi connectivity index (χ4v) is 3.27. The fourth-order valence-electron chi connectivity index (χ4n) is 3.27. The molecule has 0 bridgehead atoms. The lowest BCUT2D eigenvalue weighted by Crippen LogP contribution is -2.16. The van der Waals surface area contributed by atoms with Crippen LogP contribution in [0.2, 0.25) is 0 Å². The minimum atomic E-state index is -1.19. The molecule has 0 amide bonds. The van der Waals surface area contributed by atoms with Gasteiger partial charge in [0.1, 0.15) is 11.5 Å². The maximum atomic E-state index is 13.1. The van der Waals surface area contributed by atoms with E-state index < -0.39 is 16.6 Å². The Balaban J connectivity index is 1.78. The highest BCUT2D eigenvalue weighted by Crippen LogP contribution is 2.28. The van der Waals surface area contributed by atoms with Gasteiger partial charge in [0.15, 0.2) is 11.7 Å². The van der Waals surface area contributed by atoms with Crippen LogP contribution in [0.1, 0.15) is 22.1 Å². The van der Waals surface area contributed by atoms with Gasteiger partial charge >= 0.3 is 0 Å². The molecule has 29 heavy (non-hydrogen) atoms. The van der Waals surface area contributed by atoms with Crippen molar-refractivity contribution in [2.75, 3.05) is 0 Å². The van der Waals surface area contributed by atoms with Crippen LogP contribution in [0.15, 0.2) is 61.2 Å². The summed E-state index contributed by atoms with van der Waals surface area (Å²) in [6.45, 7) is 0. The van der Waals surface area contributed by atoms with Crippen LogP contribution in [0.3, 0.4) is 0 Å². The molecule has 0 saturated carbocycles. The highest BCUT2D eigenvalue weighted by molar-refractivity contribution is 6.03. The van der Waals surface area contributed by atoms with E-state index in [4.69, 9.17) is 0 Å². The standard InChI is InChI=1S/C20H14N6O3/c1-24-16-5-3-2-4-15(16)23-20(24)14(11-21)19(27)13-6-7-17(18(10-13)26(28)29)25-9-8-22-12-25/h2-10,12,14H,1H3. The van der Waals surface area contributed by atoms with Gasteiger partial charge in [-0.15, -0.1) is 0 Å². The topological polar surface area (TPSA) is 120 Å². The summed E-state index contributed by atoms with van der Waals surface area (Å²) < 4.78 is 3.18. The number of hydrogen-bond donors (Lipinski definition) is 0. The lowest BCUT2D eigenvalue weighted by atomic mass is 9.97. The van der Waals surface area contributed by atoms with E-state index in [1.807, 2.05) is 24.3 Å². The van der Waals surface area contributed by atoms with Crippen LogP contribution in [0.25, 0.3) is 16.7 Å². The first-order valence-electron chi connectivity index (χ1n) is 8.63. The molecule has 4 rings (SSSR count). The molecule has 4 aromatic rings. The van der Waals surface area contributed by atoms with Gasteiger partial charge in [-0.1, -0.05) is 12.1 Å². The average molecular weight is 386 g/mol. The van der Waals surface area contributed by atoms with Crippen LogP contribution in [-0.2, 0) is 7.05 Å². The SMILES string of the molecule is Cn1c(C(C#N)C(=O)c2ccc(-n3ccnc3)c([N+](=O)[O-])c2)nc2ccccc21. The largest absolute Gasteiger partial charge is 0.330 e. The predicted molar refractivity (Wildman–Crippen MR) is 104 cm³/mol. The number of carbonyl (C=O) groups excluding carboxylic acids is 1. The van der Waals surface area contributed by atoms with Gasteiger partial charge in [-0.05, 0) is 24.3 Å². The summed E-state index contributed by atoms with van der Waals surface area (Å²) in [7, 11) is 1.73. The van der Waals surface area contributed by atoms with Crippen molar-refractivity contribution in [3.05, 3.63) is 82.7 Å². The molecule has 9 nitrogen and oxygen atoms in total. The number of nitro groups is 1. The normalized spacial score (nSPS) is 11.9. The molecule has 1 atom stereocenters. The highest BCUT2D eigenvalue weighted by atomic mass is 16.6. The van der Waals surface area contributed by atoms with Crippen LogP contribution >= 0.6 is 0 Å². The molecule has 0 saturated heterocycles. The Kier molecular flexibility index (Phi) is 4.37. The Morgan fingerprint density at radius 2 is 2.07 bits per heavy atom. The van der Waals surface area contributed by atoms with Crippen molar-refractivity contribution < 1.29 is 9.72 Å². The van der Waals surface area contributed by atoms with E-state index in [0.717, 1.165) is 5.52 Å². The number of rotatable bonds is 5. The maximum absolute atomic E-state index is 13.1. The number of nitriles is 1. The molecule has 2 aromatic carbocycles. The zero-order valence-corrected chi connectivity index (χ0v) is 15.3. The Morgan fingerprint density at radius 3 is 2.72 bits per heavy atom. The summed E-state index contributed by atoms with van der Waals surface area (Å²) in [5.41, 5.74) is 1.55. The third kappa shape index (κ3) is 3.02. The predicted octanol–water partition coefficient (Wildman–Crippen LogP) is 3.16. The molecule has 0 spiro atoms. The van der Waals surface area contributed by atoms with E-state index in [2.05, 4.69) is 9.97 Å². The lowest BCUT2D eigenvalue weighted by molar-refractivity contribution is -0.384. The van der Waals surface area contributed by atoms with Gasteiger partial charge in [-0.2, -0.15) is 5.26 Å². The van der Waals surface area contributed by atoms with Crippen molar-refractivity contribution >= 4 is 22.5 Å². The molecule has 0 aliphatic heterocycles. The number of para-hydroxylation sites is 2. The molecule has 0 fully saturated rings. The summed E-state index contributed by atoms with van der Waals surface area (Å²) in [4.78, 5) is 32.4. The quantitative estimate of drug-likeness (QED) is 0.295. The summed E-state index contributed by atoms with van der Waals surface area (Å²) >= 11 is 0. The second kappa shape index (κ2) is 7.01. The Bertz CT molecular complexity index is 1280. The smallest absolute Gasteiger partial charge is 0.293 e. The van der Waals surface area contributed by atoms with Crippen molar-refractivity contribution in [3.8, 4) is 11.8 Å². The van der Waals surface area contributed by atoms with Crippen molar-refractivity contribution in [3.63, 3.8) is 0 Å².